The molecule has 0 unspecified atom stereocenters. The van der Waals surface area contributed by atoms with Crippen molar-refractivity contribution >= 4 is 0 Å². The van der Waals surface area contributed by atoms with E-state index in [2.05, 4.69) is 36.4 Å². The van der Waals surface area contributed by atoms with Crippen molar-refractivity contribution in [3.63, 3.8) is 0 Å². The third-order valence-corrected chi connectivity index (χ3v) is 5.90. The molecule has 0 radical (unpaired) electrons. The largest absolute Gasteiger partial charge is 0.388 e. The predicted molar refractivity (Wildman–Crippen MR) is 83.7 cm³/mol. The molecule has 2 fully saturated rings. The molecule has 0 spiro atoms. The first-order valence-electron chi connectivity index (χ1n) is 8.38. The molecular formula is C19H25NO. The second-order valence-electron chi connectivity index (χ2n) is 6.97. The van der Waals surface area contributed by atoms with Crippen LogP contribution in [0.5, 0.6) is 0 Å². The molecule has 0 aliphatic heterocycles. The normalized spacial score (nSPS) is 32.3. The van der Waals surface area contributed by atoms with Crippen molar-refractivity contribution in [3.8, 4) is 6.07 Å². The van der Waals surface area contributed by atoms with Gasteiger partial charge in [-0.3, -0.25) is 0 Å². The molecule has 21 heavy (non-hydrogen) atoms. The van der Waals surface area contributed by atoms with E-state index in [1.54, 1.807) is 0 Å². The van der Waals surface area contributed by atoms with E-state index in [0.29, 0.717) is 5.92 Å². The minimum Gasteiger partial charge on any atom is -0.388 e. The molecular weight excluding hydrogens is 258 g/mol. The van der Waals surface area contributed by atoms with Crippen molar-refractivity contribution in [2.24, 2.45) is 5.41 Å². The van der Waals surface area contributed by atoms with Crippen molar-refractivity contribution in [2.45, 2.75) is 69.3 Å². The molecule has 1 aromatic rings. The third kappa shape index (κ3) is 2.60. The summed E-state index contributed by atoms with van der Waals surface area (Å²) in [6.45, 7) is 0. The van der Waals surface area contributed by atoms with Crippen molar-refractivity contribution < 1.29 is 5.11 Å². The van der Waals surface area contributed by atoms with E-state index in [1.807, 2.05) is 0 Å². The number of aliphatic hydroxyl groups is 1. The molecule has 3 rings (SSSR count). The Kier molecular flexibility index (Phi) is 4.04. The molecule has 0 aromatic heterocycles. The average Bonchev–Trinajstić information content (AvgIpc) is 2.57. The van der Waals surface area contributed by atoms with Crippen LogP contribution in [0.3, 0.4) is 0 Å². The fraction of sp³-hybridized carbons (Fsp3) is 0.632. The smallest absolute Gasteiger partial charge is 0.0860 e. The summed E-state index contributed by atoms with van der Waals surface area (Å²) in [5.74, 6) is 0.547. The molecule has 0 amide bonds. The van der Waals surface area contributed by atoms with E-state index in [1.165, 1.54) is 12.0 Å². The Morgan fingerprint density at radius 1 is 0.952 bits per heavy atom. The number of rotatable bonds is 2. The maximum absolute atomic E-state index is 11.2. The van der Waals surface area contributed by atoms with Crippen molar-refractivity contribution in [2.75, 3.05) is 0 Å². The predicted octanol–water partition coefficient (Wildman–Crippen LogP) is 4.55. The van der Waals surface area contributed by atoms with Crippen LogP contribution >= 0.6 is 0 Å². The quantitative estimate of drug-likeness (QED) is 0.865. The van der Waals surface area contributed by atoms with E-state index in [4.69, 9.17) is 0 Å². The monoisotopic (exact) mass is 283 g/mol. The van der Waals surface area contributed by atoms with E-state index < -0.39 is 11.0 Å². The highest BCUT2D eigenvalue weighted by Gasteiger charge is 2.52. The number of benzene rings is 1. The van der Waals surface area contributed by atoms with Gasteiger partial charge in [-0.1, -0.05) is 49.6 Å². The summed E-state index contributed by atoms with van der Waals surface area (Å²) in [5.41, 5.74) is 0.148. The summed E-state index contributed by atoms with van der Waals surface area (Å²) in [7, 11) is 0. The van der Waals surface area contributed by atoms with Crippen LogP contribution in [0.1, 0.15) is 69.3 Å². The Hall–Kier alpha value is -1.33. The Labute approximate surface area is 127 Å². The topological polar surface area (TPSA) is 44.0 Å². The van der Waals surface area contributed by atoms with E-state index in [9.17, 15) is 10.4 Å². The van der Waals surface area contributed by atoms with Gasteiger partial charge in [0, 0.05) is 0 Å². The average molecular weight is 283 g/mol. The lowest BCUT2D eigenvalue weighted by Crippen LogP contribution is -2.50. The Morgan fingerprint density at radius 2 is 1.57 bits per heavy atom. The van der Waals surface area contributed by atoms with Crippen molar-refractivity contribution in [1.82, 2.24) is 0 Å². The molecule has 2 aliphatic carbocycles. The van der Waals surface area contributed by atoms with Gasteiger partial charge in [-0.15, -0.1) is 0 Å². The zero-order valence-electron chi connectivity index (χ0n) is 12.7. The zero-order chi connectivity index (χ0) is 14.8. The maximum Gasteiger partial charge on any atom is 0.0860 e. The van der Waals surface area contributed by atoms with Gasteiger partial charge in [-0.05, 0) is 50.0 Å². The minimum absolute atomic E-state index is 0.479. The Morgan fingerprint density at radius 3 is 2.14 bits per heavy atom. The molecule has 2 aliphatic rings. The van der Waals surface area contributed by atoms with Crippen LogP contribution < -0.4 is 0 Å². The number of hydrogen-bond donors (Lipinski definition) is 1. The summed E-state index contributed by atoms with van der Waals surface area (Å²) in [4.78, 5) is 0. The van der Waals surface area contributed by atoms with Crippen LogP contribution in [0, 0.1) is 16.7 Å². The molecule has 1 aromatic carbocycles. The van der Waals surface area contributed by atoms with Crippen LogP contribution in [0.4, 0.5) is 0 Å². The van der Waals surface area contributed by atoms with Crippen LogP contribution in [0.25, 0.3) is 0 Å². The van der Waals surface area contributed by atoms with Crippen LogP contribution in [-0.4, -0.2) is 10.7 Å². The van der Waals surface area contributed by atoms with Gasteiger partial charge in [0.2, 0.25) is 0 Å². The summed E-state index contributed by atoms with van der Waals surface area (Å²) >= 11 is 0. The van der Waals surface area contributed by atoms with Crippen LogP contribution in [0.2, 0.25) is 0 Å². The van der Waals surface area contributed by atoms with Gasteiger partial charge in [0.25, 0.3) is 0 Å². The summed E-state index contributed by atoms with van der Waals surface area (Å²) in [6, 6.07) is 13.1. The lowest BCUT2D eigenvalue weighted by molar-refractivity contribution is -0.0999. The van der Waals surface area contributed by atoms with Gasteiger partial charge >= 0.3 is 0 Å². The van der Waals surface area contributed by atoms with E-state index in [0.717, 1.165) is 51.4 Å². The van der Waals surface area contributed by atoms with Crippen molar-refractivity contribution in [1.29, 1.82) is 5.26 Å². The molecule has 0 saturated heterocycles. The lowest BCUT2D eigenvalue weighted by atomic mass is 9.58. The van der Waals surface area contributed by atoms with Gasteiger partial charge in [0.05, 0.1) is 17.1 Å². The molecule has 2 heteroatoms. The minimum atomic E-state index is -0.756. The second-order valence-corrected chi connectivity index (χ2v) is 6.97. The molecule has 0 bridgehead atoms. The Bertz CT molecular complexity index is 502. The fourth-order valence-corrected chi connectivity index (χ4v) is 4.47. The highest BCUT2D eigenvalue weighted by Crippen LogP contribution is 2.52. The van der Waals surface area contributed by atoms with Crippen LogP contribution in [0.15, 0.2) is 30.3 Å². The molecule has 1 N–H and O–H groups in total. The molecule has 0 heterocycles. The number of hydrogen-bond acceptors (Lipinski definition) is 2. The summed E-state index contributed by atoms with van der Waals surface area (Å²) in [6.07, 6.45) is 8.74. The molecule has 0 atom stereocenters. The van der Waals surface area contributed by atoms with Gasteiger partial charge in [-0.25, -0.2) is 0 Å². The van der Waals surface area contributed by atoms with E-state index in [-0.39, 0.29) is 0 Å². The first kappa shape index (κ1) is 14.6. The van der Waals surface area contributed by atoms with Gasteiger partial charge < -0.3 is 5.11 Å². The SMILES string of the molecule is N#CC1(C2(O)CCC(c3ccccc3)CC2)CCCCC1. The summed E-state index contributed by atoms with van der Waals surface area (Å²) < 4.78 is 0. The van der Waals surface area contributed by atoms with Crippen LogP contribution in [-0.2, 0) is 0 Å². The molecule has 112 valence electrons. The standard InChI is InChI=1S/C19H25NO/c20-15-18(11-5-2-6-12-18)19(21)13-9-17(10-14-19)16-7-3-1-4-8-16/h1,3-4,7-8,17,21H,2,5-6,9-14H2. The first-order chi connectivity index (χ1) is 10.2. The van der Waals surface area contributed by atoms with E-state index >= 15 is 0 Å². The fourth-order valence-electron chi connectivity index (χ4n) is 4.47. The zero-order valence-corrected chi connectivity index (χ0v) is 12.7. The Balaban J connectivity index is 1.73. The molecule has 2 nitrogen and oxygen atoms in total. The molecule has 2 saturated carbocycles. The highest BCUT2D eigenvalue weighted by atomic mass is 16.3. The third-order valence-electron chi connectivity index (χ3n) is 5.90. The first-order valence-corrected chi connectivity index (χ1v) is 8.38. The van der Waals surface area contributed by atoms with Gasteiger partial charge in [0.15, 0.2) is 0 Å². The maximum atomic E-state index is 11.2. The second kappa shape index (κ2) is 5.81. The highest BCUT2D eigenvalue weighted by molar-refractivity contribution is 5.22. The van der Waals surface area contributed by atoms with Gasteiger partial charge in [0.1, 0.15) is 0 Å². The number of nitrogens with zero attached hydrogens (tertiary/aromatic N) is 1. The van der Waals surface area contributed by atoms with Gasteiger partial charge in [-0.2, -0.15) is 5.26 Å². The summed E-state index contributed by atoms with van der Waals surface area (Å²) in [5, 5.41) is 20.9. The number of nitriles is 1. The van der Waals surface area contributed by atoms with Crippen molar-refractivity contribution in [3.05, 3.63) is 35.9 Å². The lowest BCUT2D eigenvalue weighted by Gasteiger charge is -2.48.